The van der Waals surface area contributed by atoms with E-state index in [-0.39, 0.29) is 5.41 Å². The molecule has 8 aromatic carbocycles. The molecule has 0 radical (unpaired) electrons. The fourth-order valence-electron chi connectivity index (χ4n) is 10.4. The third kappa shape index (κ3) is 6.76. The van der Waals surface area contributed by atoms with Crippen LogP contribution in [-0.2, 0) is 5.41 Å². The molecule has 0 saturated carbocycles. The van der Waals surface area contributed by atoms with Crippen molar-refractivity contribution in [3.63, 3.8) is 0 Å². The molecule has 0 N–H and O–H groups in total. The molecular weight excluding hydrogens is 777 g/mol. The number of fused-ring (bicyclic) bond motifs is 4. The van der Waals surface area contributed by atoms with E-state index in [1.807, 2.05) is 0 Å². The molecule has 0 atom stereocenters. The van der Waals surface area contributed by atoms with Gasteiger partial charge in [0.1, 0.15) is 5.76 Å². The molecule has 11 rings (SSSR count). The van der Waals surface area contributed by atoms with E-state index in [1.165, 1.54) is 61.5 Å². The summed E-state index contributed by atoms with van der Waals surface area (Å²) in [6.45, 7) is 4.71. The molecule has 310 valence electrons. The first-order chi connectivity index (χ1) is 31.6. The lowest BCUT2D eigenvalue weighted by Crippen LogP contribution is -2.25. The maximum atomic E-state index is 6.48. The first-order valence-corrected chi connectivity index (χ1v) is 22.8. The third-order valence-corrected chi connectivity index (χ3v) is 13.6. The maximum absolute atomic E-state index is 6.48. The molecule has 1 heterocycles. The van der Waals surface area contributed by atoms with Gasteiger partial charge in [0.2, 0.25) is 0 Å². The molecular formula is C61H50N2O. The number of hydrogen-bond acceptors (Lipinski definition) is 3. The van der Waals surface area contributed by atoms with E-state index in [2.05, 4.69) is 242 Å². The van der Waals surface area contributed by atoms with E-state index in [0.717, 1.165) is 65.5 Å². The van der Waals surface area contributed by atoms with E-state index in [0.29, 0.717) is 0 Å². The molecule has 0 fully saturated rings. The second-order valence-corrected chi connectivity index (χ2v) is 17.0. The fraction of sp³-hybridized carbons (Fsp3) is 0.115. The molecule has 0 saturated heterocycles. The Morgan fingerprint density at radius 2 is 1.14 bits per heavy atom. The van der Waals surface area contributed by atoms with Gasteiger partial charge in [-0.2, -0.15) is 0 Å². The Bertz CT molecular complexity index is 3050. The zero-order chi connectivity index (χ0) is 43.0. The Labute approximate surface area is 377 Å². The van der Waals surface area contributed by atoms with E-state index in [4.69, 9.17) is 4.74 Å². The minimum absolute atomic E-state index is 0.0825. The molecule has 0 aromatic heterocycles. The number of benzene rings is 8. The molecule has 3 heteroatoms. The molecule has 3 nitrogen and oxygen atoms in total. The Hall–Kier alpha value is -7.62. The first kappa shape index (κ1) is 39.2. The van der Waals surface area contributed by atoms with Crippen LogP contribution in [0.1, 0.15) is 61.8 Å². The minimum atomic E-state index is -0.0825. The van der Waals surface area contributed by atoms with Crippen LogP contribution >= 0.6 is 0 Å². The van der Waals surface area contributed by atoms with Crippen LogP contribution in [0.15, 0.2) is 218 Å². The lowest BCUT2D eigenvalue weighted by Gasteiger charge is -2.37. The molecule has 0 bridgehead atoms. The van der Waals surface area contributed by atoms with Gasteiger partial charge in [0.15, 0.2) is 5.75 Å². The lowest BCUT2D eigenvalue weighted by molar-refractivity contribution is 0.421. The summed E-state index contributed by atoms with van der Waals surface area (Å²) in [6, 6.07) is 70.6. The van der Waals surface area contributed by atoms with Crippen molar-refractivity contribution in [3.05, 3.63) is 240 Å². The van der Waals surface area contributed by atoms with Crippen LogP contribution in [0.2, 0.25) is 0 Å². The molecule has 2 aliphatic carbocycles. The highest BCUT2D eigenvalue weighted by molar-refractivity contribution is 5.96. The summed E-state index contributed by atoms with van der Waals surface area (Å²) >= 11 is 0. The van der Waals surface area contributed by atoms with Gasteiger partial charge in [-0.05, 0) is 136 Å². The van der Waals surface area contributed by atoms with Gasteiger partial charge in [-0.3, -0.25) is 0 Å². The summed E-state index contributed by atoms with van der Waals surface area (Å²) in [5.74, 6) is 1.80. The summed E-state index contributed by atoms with van der Waals surface area (Å²) in [6.07, 6.45) is 12.8. The van der Waals surface area contributed by atoms with Crippen LogP contribution in [0.5, 0.6) is 5.75 Å². The van der Waals surface area contributed by atoms with Gasteiger partial charge in [-0.1, -0.05) is 172 Å². The molecule has 64 heavy (non-hydrogen) atoms. The van der Waals surface area contributed by atoms with Crippen LogP contribution in [0.3, 0.4) is 0 Å². The Kier molecular flexibility index (Phi) is 10.2. The van der Waals surface area contributed by atoms with Gasteiger partial charge in [-0.15, -0.1) is 0 Å². The van der Waals surface area contributed by atoms with Crippen molar-refractivity contribution in [1.29, 1.82) is 0 Å². The second-order valence-electron chi connectivity index (χ2n) is 17.0. The highest BCUT2D eigenvalue weighted by Crippen LogP contribution is 2.55. The van der Waals surface area contributed by atoms with Crippen molar-refractivity contribution in [2.45, 2.75) is 44.9 Å². The SMILES string of the molecule is CCC1(CC)c2cc(C=Cc3ccc(-c4c(-c5ccccc5)cccc4N4C5=C(C=CCC5)Oc5ccccc54)cc3)ccc2-c2ccc(N(c3ccccc3)c3ccccc3)cc21. The second kappa shape index (κ2) is 16.6. The number of hydrogen-bond donors (Lipinski definition) is 0. The summed E-state index contributed by atoms with van der Waals surface area (Å²) < 4.78 is 6.48. The lowest BCUT2D eigenvalue weighted by atomic mass is 9.73. The maximum Gasteiger partial charge on any atom is 0.151 e. The predicted octanol–water partition coefficient (Wildman–Crippen LogP) is 16.8. The highest BCUT2D eigenvalue weighted by atomic mass is 16.5. The number of allylic oxidation sites excluding steroid dienone is 3. The average Bonchev–Trinajstić information content (AvgIpc) is 3.64. The summed E-state index contributed by atoms with van der Waals surface area (Å²) in [7, 11) is 0. The fourth-order valence-corrected chi connectivity index (χ4v) is 10.4. The van der Waals surface area contributed by atoms with Crippen LogP contribution in [-0.4, -0.2) is 0 Å². The summed E-state index contributed by atoms with van der Waals surface area (Å²) in [5.41, 5.74) is 19.5. The molecule has 8 aromatic rings. The number of para-hydroxylation sites is 4. The largest absolute Gasteiger partial charge is 0.453 e. The first-order valence-electron chi connectivity index (χ1n) is 22.8. The van der Waals surface area contributed by atoms with Gasteiger partial charge < -0.3 is 14.5 Å². The summed E-state index contributed by atoms with van der Waals surface area (Å²) in [5, 5.41) is 0. The normalized spacial score (nSPS) is 14.4. The van der Waals surface area contributed by atoms with E-state index >= 15 is 0 Å². The van der Waals surface area contributed by atoms with Crippen molar-refractivity contribution in [3.8, 4) is 39.1 Å². The van der Waals surface area contributed by atoms with Crippen molar-refractivity contribution >= 4 is 40.6 Å². The molecule has 3 aliphatic rings. The van der Waals surface area contributed by atoms with Crippen LogP contribution in [0.25, 0.3) is 45.5 Å². The van der Waals surface area contributed by atoms with E-state index in [1.54, 1.807) is 0 Å². The third-order valence-electron chi connectivity index (χ3n) is 13.6. The Morgan fingerprint density at radius 1 is 0.531 bits per heavy atom. The Balaban J connectivity index is 0.940. The molecule has 0 spiro atoms. The highest BCUT2D eigenvalue weighted by Gasteiger charge is 2.41. The zero-order valence-corrected chi connectivity index (χ0v) is 36.4. The molecule has 0 unspecified atom stereocenters. The number of anilines is 5. The summed E-state index contributed by atoms with van der Waals surface area (Å²) in [4.78, 5) is 4.82. The molecule has 0 amide bonds. The Morgan fingerprint density at radius 3 is 1.86 bits per heavy atom. The van der Waals surface area contributed by atoms with Crippen molar-refractivity contribution in [2.75, 3.05) is 9.80 Å². The van der Waals surface area contributed by atoms with Gasteiger partial charge in [0.05, 0.1) is 17.1 Å². The topological polar surface area (TPSA) is 15.7 Å². The van der Waals surface area contributed by atoms with E-state index < -0.39 is 0 Å². The quantitative estimate of drug-likeness (QED) is 0.128. The monoisotopic (exact) mass is 826 g/mol. The van der Waals surface area contributed by atoms with Gasteiger partial charge >= 0.3 is 0 Å². The van der Waals surface area contributed by atoms with Crippen molar-refractivity contribution in [2.24, 2.45) is 0 Å². The zero-order valence-electron chi connectivity index (χ0n) is 36.4. The van der Waals surface area contributed by atoms with Crippen LogP contribution in [0.4, 0.5) is 28.4 Å². The van der Waals surface area contributed by atoms with Gasteiger partial charge in [0.25, 0.3) is 0 Å². The van der Waals surface area contributed by atoms with Crippen molar-refractivity contribution in [1.82, 2.24) is 0 Å². The van der Waals surface area contributed by atoms with Crippen LogP contribution < -0.4 is 14.5 Å². The predicted molar refractivity (Wildman–Crippen MR) is 269 cm³/mol. The smallest absolute Gasteiger partial charge is 0.151 e. The number of rotatable bonds is 10. The van der Waals surface area contributed by atoms with Crippen molar-refractivity contribution < 1.29 is 4.74 Å². The number of nitrogens with zero attached hydrogens (tertiary/aromatic N) is 2. The van der Waals surface area contributed by atoms with E-state index in [9.17, 15) is 0 Å². The molecule has 1 aliphatic heterocycles. The average molecular weight is 827 g/mol. The number of ether oxygens (including phenoxy) is 1. The van der Waals surface area contributed by atoms with Gasteiger partial charge in [-0.25, -0.2) is 0 Å². The minimum Gasteiger partial charge on any atom is -0.453 e. The standard InChI is InChI=1S/C61H50N2O/c1-3-61(4-2)53-41-44(35-39-51(53)52-40-38-49(42-54(52)61)62(47-21-10-6-11-22-47)48-23-12-7-13-24-48)32-31-43-33-36-46(37-34-43)60-50(45-19-8-5-9-20-45)25-18-28-57(60)63-55-26-14-16-29-58(55)64-59-30-17-15-27-56(59)63/h5-14,16-26,28-42H,3-4,15,27H2,1-2H3. The van der Waals surface area contributed by atoms with Crippen LogP contribution in [0, 0.1) is 0 Å². The van der Waals surface area contributed by atoms with Gasteiger partial charge in [0, 0.05) is 28.0 Å².